The molecule has 0 aliphatic heterocycles. The average molecular weight is 309 g/mol. The van der Waals surface area contributed by atoms with E-state index < -0.39 is 0 Å². The fraction of sp³-hybridized carbons (Fsp3) is 0.294. The van der Waals surface area contributed by atoms with Gasteiger partial charge in [0.15, 0.2) is 0 Å². The molecule has 0 radical (unpaired) electrons. The molecular formula is C17H19N5O. The summed E-state index contributed by atoms with van der Waals surface area (Å²) < 4.78 is 3.82. The first kappa shape index (κ1) is 14.2. The van der Waals surface area contributed by atoms with Crippen LogP contribution < -0.4 is 5.32 Å². The normalized spacial score (nSPS) is 23.6. The van der Waals surface area contributed by atoms with Gasteiger partial charge in [0, 0.05) is 43.1 Å². The summed E-state index contributed by atoms with van der Waals surface area (Å²) in [6.45, 7) is 0.777. The molecule has 0 spiro atoms. The second kappa shape index (κ2) is 5.98. The van der Waals surface area contributed by atoms with Gasteiger partial charge in [0.25, 0.3) is 0 Å². The van der Waals surface area contributed by atoms with Crippen molar-refractivity contribution in [2.75, 3.05) is 0 Å². The highest BCUT2D eigenvalue weighted by Crippen LogP contribution is 2.32. The van der Waals surface area contributed by atoms with Gasteiger partial charge in [-0.15, -0.1) is 0 Å². The van der Waals surface area contributed by atoms with E-state index >= 15 is 0 Å². The summed E-state index contributed by atoms with van der Waals surface area (Å²) in [6.07, 6.45) is 9.58. The number of aromatic nitrogens is 4. The molecule has 1 aliphatic rings. The molecule has 1 aliphatic carbocycles. The number of rotatable bonds is 5. The maximum Gasteiger partial charge on any atom is 0.0991 e. The first-order chi connectivity index (χ1) is 11.3. The average Bonchev–Trinajstić information content (AvgIpc) is 3.25. The zero-order chi connectivity index (χ0) is 15.6. The van der Waals surface area contributed by atoms with Crippen LogP contribution in [0.15, 0.2) is 61.4 Å². The molecule has 4 rings (SSSR count). The second-order valence-corrected chi connectivity index (χ2v) is 5.90. The monoisotopic (exact) mass is 309 g/mol. The third-order valence-corrected chi connectivity index (χ3v) is 4.44. The summed E-state index contributed by atoms with van der Waals surface area (Å²) in [5.74, 6) is 0. The second-order valence-electron chi connectivity index (χ2n) is 5.90. The van der Waals surface area contributed by atoms with Crippen LogP contribution in [0.4, 0.5) is 0 Å². The molecule has 6 heteroatoms. The lowest BCUT2D eigenvalue weighted by molar-refractivity contribution is -0.00821. The molecule has 2 N–H and O–H groups in total. The number of hydrogen-bond acceptors (Lipinski definition) is 4. The fourth-order valence-electron chi connectivity index (χ4n) is 3.08. The summed E-state index contributed by atoms with van der Waals surface area (Å²) in [7, 11) is 0. The van der Waals surface area contributed by atoms with E-state index in [2.05, 4.69) is 39.7 Å². The summed E-state index contributed by atoms with van der Waals surface area (Å²) in [5.41, 5.74) is 2.31. The van der Waals surface area contributed by atoms with E-state index in [0.717, 1.165) is 18.7 Å². The maximum absolute atomic E-state index is 9.98. The molecule has 118 valence electrons. The van der Waals surface area contributed by atoms with E-state index in [1.54, 1.807) is 18.7 Å². The van der Waals surface area contributed by atoms with Gasteiger partial charge in [0.1, 0.15) is 0 Å². The van der Waals surface area contributed by atoms with Gasteiger partial charge >= 0.3 is 0 Å². The Morgan fingerprint density at radius 1 is 1.17 bits per heavy atom. The number of benzene rings is 1. The smallest absolute Gasteiger partial charge is 0.0991 e. The lowest BCUT2D eigenvalue weighted by Gasteiger charge is -2.42. The highest BCUT2D eigenvalue weighted by molar-refractivity contribution is 5.34. The van der Waals surface area contributed by atoms with Crippen molar-refractivity contribution >= 4 is 0 Å². The van der Waals surface area contributed by atoms with Crippen LogP contribution in [0.5, 0.6) is 0 Å². The molecule has 0 amide bonds. The molecule has 0 saturated heterocycles. The molecule has 6 nitrogen and oxygen atoms in total. The lowest BCUT2D eigenvalue weighted by Crippen LogP contribution is -2.54. The molecule has 1 aromatic carbocycles. The van der Waals surface area contributed by atoms with Gasteiger partial charge in [-0.1, -0.05) is 12.1 Å². The third-order valence-electron chi connectivity index (χ3n) is 4.44. The van der Waals surface area contributed by atoms with Gasteiger partial charge in [-0.2, -0.15) is 5.10 Å². The van der Waals surface area contributed by atoms with Crippen molar-refractivity contribution in [3.8, 4) is 5.69 Å². The Hall–Kier alpha value is -2.44. The van der Waals surface area contributed by atoms with E-state index in [9.17, 15) is 5.11 Å². The van der Waals surface area contributed by atoms with Crippen LogP contribution in [-0.4, -0.2) is 36.6 Å². The van der Waals surface area contributed by atoms with Crippen molar-refractivity contribution in [3.05, 3.63) is 67.0 Å². The first-order valence-corrected chi connectivity index (χ1v) is 7.79. The molecule has 0 unspecified atom stereocenters. The van der Waals surface area contributed by atoms with Crippen LogP contribution in [-0.2, 0) is 6.54 Å². The van der Waals surface area contributed by atoms with Gasteiger partial charge in [-0.3, -0.25) is 4.68 Å². The SMILES string of the molecule is O[C@@H]1C[C@H](NCc2ccc(-n3ccnc3)cc2)[C@H]1n1cccn1. The Morgan fingerprint density at radius 3 is 2.70 bits per heavy atom. The minimum absolute atomic E-state index is 0.0234. The molecular weight excluding hydrogens is 290 g/mol. The van der Waals surface area contributed by atoms with Gasteiger partial charge in [0.05, 0.1) is 18.5 Å². The summed E-state index contributed by atoms with van der Waals surface area (Å²) in [6, 6.07) is 10.5. The molecule has 2 heterocycles. The third kappa shape index (κ3) is 2.78. The summed E-state index contributed by atoms with van der Waals surface area (Å²) in [4.78, 5) is 4.06. The number of aliphatic hydroxyl groups is 1. The van der Waals surface area contributed by atoms with Crippen molar-refractivity contribution < 1.29 is 5.11 Å². The minimum atomic E-state index is -0.323. The number of nitrogens with one attached hydrogen (secondary N) is 1. The van der Waals surface area contributed by atoms with E-state index in [0.29, 0.717) is 0 Å². The van der Waals surface area contributed by atoms with Crippen LogP contribution in [0.1, 0.15) is 18.0 Å². The number of hydrogen-bond donors (Lipinski definition) is 2. The molecule has 0 bridgehead atoms. The Balaban J connectivity index is 1.38. The fourth-order valence-corrected chi connectivity index (χ4v) is 3.08. The number of nitrogens with zero attached hydrogens (tertiary/aromatic N) is 4. The highest BCUT2D eigenvalue weighted by atomic mass is 16.3. The summed E-state index contributed by atoms with van der Waals surface area (Å²) >= 11 is 0. The lowest BCUT2D eigenvalue weighted by atomic mass is 9.83. The highest BCUT2D eigenvalue weighted by Gasteiger charge is 2.41. The van der Waals surface area contributed by atoms with Crippen molar-refractivity contribution in [1.29, 1.82) is 0 Å². The Labute approximate surface area is 134 Å². The Kier molecular flexibility index (Phi) is 3.69. The van der Waals surface area contributed by atoms with E-state index in [1.807, 2.05) is 27.7 Å². The summed E-state index contributed by atoms with van der Waals surface area (Å²) in [5, 5.41) is 17.7. The van der Waals surface area contributed by atoms with Crippen molar-refractivity contribution in [3.63, 3.8) is 0 Å². The zero-order valence-corrected chi connectivity index (χ0v) is 12.7. The quantitative estimate of drug-likeness (QED) is 0.750. The maximum atomic E-state index is 9.98. The minimum Gasteiger partial charge on any atom is -0.391 e. The Morgan fingerprint density at radius 2 is 2.04 bits per heavy atom. The largest absolute Gasteiger partial charge is 0.391 e. The molecule has 3 aromatic rings. The molecule has 2 aromatic heterocycles. The molecule has 1 fully saturated rings. The van der Waals surface area contributed by atoms with Gasteiger partial charge in [-0.05, 0) is 30.2 Å². The van der Waals surface area contributed by atoms with E-state index in [4.69, 9.17) is 0 Å². The van der Waals surface area contributed by atoms with E-state index in [1.165, 1.54) is 5.56 Å². The predicted octanol–water partition coefficient (Wildman–Crippen LogP) is 1.53. The standard InChI is InChI=1S/C17H19N5O/c23-16-10-15(17(16)22-8-1-6-20-22)19-11-13-2-4-14(5-3-13)21-9-7-18-12-21/h1-9,12,15-17,19,23H,10-11H2/t15-,16+,17+/m0/s1. The molecule has 1 saturated carbocycles. The number of imidazole rings is 1. The van der Waals surface area contributed by atoms with Crippen molar-refractivity contribution in [1.82, 2.24) is 24.6 Å². The van der Waals surface area contributed by atoms with E-state index in [-0.39, 0.29) is 18.2 Å². The van der Waals surface area contributed by atoms with Gasteiger partial charge in [0.2, 0.25) is 0 Å². The van der Waals surface area contributed by atoms with Crippen LogP contribution in [0.25, 0.3) is 5.69 Å². The predicted molar refractivity (Wildman–Crippen MR) is 86.1 cm³/mol. The van der Waals surface area contributed by atoms with Gasteiger partial charge in [-0.25, -0.2) is 4.98 Å². The van der Waals surface area contributed by atoms with Crippen LogP contribution in [0.2, 0.25) is 0 Å². The zero-order valence-electron chi connectivity index (χ0n) is 12.7. The van der Waals surface area contributed by atoms with Crippen LogP contribution in [0, 0.1) is 0 Å². The molecule has 23 heavy (non-hydrogen) atoms. The van der Waals surface area contributed by atoms with Crippen molar-refractivity contribution in [2.45, 2.75) is 31.2 Å². The topological polar surface area (TPSA) is 67.9 Å². The Bertz CT molecular complexity index is 736. The van der Waals surface area contributed by atoms with Crippen LogP contribution >= 0.6 is 0 Å². The number of aliphatic hydroxyl groups excluding tert-OH is 1. The van der Waals surface area contributed by atoms with Gasteiger partial charge < -0.3 is 15.0 Å². The van der Waals surface area contributed by atoms with Crippen molar-refractivity contribution in [2.24, 2.45) is 0 Å². The van der Waals surface area contributed by atoms with Crippen LogP contribution in [0.3, 0.4) is 0 Å². The first-order valence-electron chi connectivity index (χ1n) is 7.79. The molecule has 3 atom stereocenters.